The van der Waals surface area contributed by atoms with E-state index in [-0.39, 0.29) is 0 Å². The highest BCUT2D eigenvalue weighted by molar-refractivity contribution is 9.13. The van der Waals surface area contributed by atoms with Crippen LogP contribution >= 0.6 is 31.9 Å². The summed E-state index contributed by atoms with van der Waals surface area (Å²) in [4.78, 5) is 0. The summed E-state index contributed by atoms with van der Waals surface area (Å²) in [5.74, 6) is 1.49. The number of benzene rings is 1. The van der Waals surface area contributed by atoms with Crippen LogP contribution in [-0.2, 0) is 14.2 Å². The van der Waals surface area contributed by atoms with Gasteiger partial charge in [0.15, 0.2) is 11.5 Å². The van der Waals surface area contributed by atoms with E-state index < -0.39 is 0 Å². The van der Waals surface area contributed by atoms with Crippen molar-refractivity contribution >= 4 is 31.9 Å². The molecular weight excluding hydrogens is 540 g/mol. The van der Waals surface area contributed by atoms with Gasteiger partial charge in [0.2, 0.25) is 0 Å². The van der Waals surface area contributed by atoms with Gasteiger partial charge in [-0.1, -0.05) is 64.7 Å². The molecule has 0 amide bonds. The molecule has 0 spiro atoms. The van der Waals surface area contributed by atoms with Crippen LogP contribution < -0.4 is 9.47 Å². The normalized spacial score (nSPS) is 11.1. The summed E-state index contributed by atoms with van der Waals surface area (Å²) in [5, 5.41) is 0. The lowest BCUT2D eigenvalue weighted by Gasteiger charge is -2.14. The monoisotopic (exact) mass is 580 g/mol. The first-order valence-electron chi connectivity index (χ1n) is 12.1. The van der Waals surface area contributed by atoms with Gasteiger partial charge in [0, 0.05) is 16.1 Å². The van der Waals surface area contributed by atoms with E-state index in [4.69, 9.17) is 23.7 Å². The lowest BCUT2D eigenvalue weighted by Crippen LogP contribution is -2.12. The molecule has 0 aliphatic heterocycles. The Morgan fingerprint density at radius 3 is 1.53 bits per heavy atom. The zero-order valence-corrected chi connectivity index (χ0v) is 23.1. The fraction of sp³-hybridized carbons (Fsp3) is 0.760. The molecule has 1 aromatic carbocycles. The van der Waals surface area contributed by atoms with Gasteiger partial charge in [-0.05, 0) is 50.4 Å². The van der Waals surface area contributed by atoms with Crippen molar-refractivity contribution < 1.29 is 23.7 Å². The second-order valence-corrected chi connectivity index (χ2v) is 9.52. The third-order valence-electron chi connectivity index (χ3n) is 5.03. The van der Waals surface area contributed by atoms with Crippen molar-refractivity contribution in [1.29, 1.82) is 0 Å². The molecule has 0 unspecified atom stereocenters. The maximum atomic E-state index is 6.03. The average molecular weight is 582 g/mol. The summed E-state index contributed by atoms with van der Waals surface area (Å²) in [6.45, 7) is 6.21. The van der Waals surface area contributed by atoms with E-state index in [9.17, 15) is 0 Å². The molecule has 32 heavy (non-hydrogen) atoms. The van der Waals surface area contributed by atoms with Gasteiger partial charge in [-0.25, -0.2) is 0 Å². The minimum atomic E-state index is 0.459. The van der Waals surface area contributed by atoms with Gasteiger partial charge in [0.25, 0.3) is 0 Å². The molecule has 0 aromatic heterocycles. The van der Waals surface area contributed by atoms with Gasteiger partial charge < -0.3 is 23.7 Å². The van der Waals surface area contributed by atoms with Crippen molar-refractivity contribution in [3.05, 3.63) is 21.1 Å². The van der Waals surface area contributed by atoms with Gasteiger partial charge in [0.05, 0.1) is 39.6 Å². The number of unbranched alkanes of at least 4 members (excludes halogenated alkanes) is 9. The molecular formula is C25H42Br2O5. The highest BCUT2D eigenvalue weighted by Crippen LogP contribution is 2.36. The molecule has 0 bridgehead atoms. The van der Waals surface area contributed by atoms with Crippen molar-refractivity contribution in [3.8, 4) is 11.5 Å². The van der Waals surface area contributed by atoms with Crippen LogP contribution in [0.1, 0.15) is 71.1 Å². The zero-order valence-electron chi connectivity index (χ0n) is 20.0. The Balaban J connectivity index is 2.19. The van der Waals surface area contributed by atoms with Crippen LogP contribution in [0.15, 0.2) is 21.1 Å². The summed E-state index contributed by atoms with van der Waals surface area (Å²) >= 11 is 7.09. The predicted octanol–water partition coefficient (Wildman–Crippen LogP) is 7.57. The number of hydrogen-bond donors (Lipinski definition) is 0. The third kappa shape index (κ3) is 15.5. The maximum Gasteiger partial charge on any atom is 0.162 e. The summed E-state index contributed by atoms with van der Waals surface area (Å²) in [7, 11) is 1.66. The lowest BCUT2D eigenvalue weighted by atomic mass is 10.1. The van der Waals surface area contributed by atoms with Gasteiger partial charge in [-0.15, -0.1) is 0 Å². The Morgan fingerprint density at radius 2 is 1.00 bits per heavy atom. The van der Waals surface area contributed by atoms with Crippen LogP contribution in [0.3, 0.4) is 0 Å². The second-order valence-electron chi connectivity index (χ2n) is 7.81. The van der Waals surface area contributed by atoms with Crippen LogP contribution in [0.2, 0.25) is 0 Å². The molecule has 0 saturated carbocycles. The maximum absolute atomic E-state index is 6.03. The van der Waals surface area contributed by atoms with E-state index in [1.807, 2.05) is 12.1 Å². The molecule has 1 aromatic rings. The minimum Gasteiger partial charge on any atom is -0.490 e. The number of hydrogen-bond acceptors (Lipinski definition) is 5. The zero-order chi connectivity index (χ0) is 23.3. The second kappa shape index (κ2) is 21.2. The van der Waals surface area contributed by atoms with Crippen LogP contribution in [0, 0.1) is 0 Å². The molecule has 0 N–H and O–H groups in total. The minimum absolute atomic E-state index is 0.459. The SMILES string of the molecule is CCCCCCCCCCCCOc1cc(Br)c(Br)cc1OCCOCCOCCOC. The average Bonchev–Trinajstić information content (AvgIpc) is 2.79. The number of ether oxygens (including phenoxy) is 5. The Kier molecular flexibility index (Phi) is 19.7. The highest BCUT2D eigenvalue weighted by Gasteiger charge is 2.10. The molecule has 0 radical (unpaired) electrons. The lowest BCUT2D eigenvalue weighted by molar-refractivity contribution is 0.0177. The van der Waals surface area contributed by atoms with E-state index in [0.29, 0.717) is 46.2 Å². The first kappa shape index (κ1) is 29.7. The molecule has 1 rings (SSSR count). The third-order valence-corrected chi connectivity index (χ3v) is 6.88. The molecule has 186 valence electrons. The van der Waals surface area contributed by atoms with Crippen LogP contribution in [0.25, 0.3) is 0 Å². The van der Waals surface area contributed by atoms with E-state index in [0.717, 1.165) is 26.9 Å². The molecule has 0 fully saturated rings. The largest absolute Gasteiger partial charge is 0.490 e. The Hall–Kier alpha value is -0.340. The number of rotatable bonds is 22. The molecule has 0 aliphatic rings. The fourth-order valence-corrected chi connectivity index (χ4v) is 3.83. The summed E-state index contributed by atoms with van der Waals surface area (Å²) in [6, 6.07) is 3.89. The molecule has 0 atom stereocenters. The molecule has 7 heteroatoms. The van der Waals surface area contributed by atoms with Gasteiger partial charge in [-0.3, -0.25) is 0 Å². The van der Waals surface area contributed by atoms with Crippen molar-refractivity contribution in [3.63, 3.8) is 0 Å². The summed E-state index contributed by atoms with van der Waals surface area (Å²) in [6.07, 6.45) is 13.1. The van der Waals surface area contributed by atoms with Gasteiger partial charge in [0.1, 0.15) is 6.61 Å². The summed E-state index contributed by atoms with van der Waals surface area (Å²) in [5.41, 5.74) is 0. The van der Waals surface area contributed by atoms with Crippen molar-refractivity contribution in [1.82, 2.24) is 0 Å². The molecule has 5 nitrogen and oxygen atoms in total. The van der Waals surface area contributed by atoms with Gasteiger partial charge >= 0.3 is 0 Å². The van der Waals surface area contributed by atoms with Gasteiger partial charge in [-0.2, -0.15) is 0 Å². The van der Waals surface area contributed by atoms with Crippen molar-refractivity contribution in [2.24, 2.45) is 0 Å². The van der Waals surface area contributed by atoms with Crippen LogP contribution in [0.4, 0.5) is 0 Å². The number of halogens is 2. The standard InChI is InChI=1S/C25H42Br2O5/c1-3-4-5-6-7-8-9-10-11-12-13-31-24-20-22(26)23(27)21-25(24)32-19-18-30-17-16-29-15-14-28-2/h20-21H,3-19H2,1-2H3. The molecule has 0 aliphatic carbocycles. The van der Waals surface area contributed by atoms with Crippen molar-refractivity contribution in [2.45, 2.75) is 71.1 Å². The van der Waals surface area contributed by atoms with Crippen LogP contribution in [0.5, 0.6) is 11.5 Å². The fourth-order valence-electron chi connectivity index (χ4n) is 3.18. The number of methoxy groups -OCH3 is 1. The smallest absolute Gasteiger partial charge is 0.162 e. The Bertz CT molecular complexity index is 572. The first-order valence-corrected chi connectivity index (χ1v) is 13.7. The molecule has 0 saturated heterocycles. The van der Waals surface area contributed by atoms with E-state index in [1.165, 1.54) is 57.8 Å². The first-order chi connectivity index (χ1) is 15.7. The van der Waals surface area contributed by atoms with E-state index >= 15 is 0 Å². The quantitative estimate of drug-likeness (QED) is 0.132. The van der Waals surface area contributed by atoms with Crippen molar-refractivity contribution in [2.75, 3.05) is 53.4 Å². The Morgan fingerprint density at radius 1 is 0.562 bits per heavy atom. The highest BCUT2D eigenvalue weighted by atomic mass is 79.9. The molecule has 0 heterocycles. The topological polar surface area (TPSA) is 46.2 Å². The van der Waals surface area contributed by atoms with E-state index in [2.05, 4.69) is 38.8 Å². The van der Waals surface area contributed by atoms with Crippen LogP contribution in [-0.4, -0.2) is 53.4 Å². The summed E-state index contributed by atoms with van der Waals surface area (Å²) < 4.78 is 29.7. The predicted molar refractivity (Wildman–Crippen MR) is 138 cm³/mol. The van der Waals surface area contributed by atoms with E-state index in [1.54, 1.807) is 7.11 Å². The Labute approximate surface area is 212 Å².